The normalized spacial score (nSPS) is 28.8. The first-order valence-electron chi connectivity index (χ1n) is 9.15. The first-order chi connectivity index (χ1) is 11.6. The summed E-state index contributed by atoms with van der Waals surface area (Å²) in [6.07, 6.45) is 3.49. The zero-order valence-corrected chi connectivity index (χ0v) is 16.9. The van der Waals surface area contributed by atoms with E-state index in [0.717, 1.165) is 13.1 Å². The maximum absolute atomic E-state index is 10.2. The highest BCUT2D eigenvalue weighted by molar-refractivity contribution is 6.27. The fourth-order valence-electron chi connectivity index (χ4n) is 4.46. The Hall–Kier alpha value is -1.18. The molecule has 7 nitrogen and oxygen atoms in total. The maximum Gasteiger partial charge on any atom is 0.414 e. The number of aliphatic hydroxyl groups excluding tert-OH is 1. The molecule has 3 unspecified atom stereocenters. The number of aliphatic hydroxyl groups is 1. The summed E-state index contributed by atoms with van der Waals surface area (Å²) in [6, 6.07) is 0.646. The van der Waals surface area contributed by atoms with Crippen LogP contribution in [0.3, 0.4) is 0 Å². The fourth-order valence-corrected chi connectivity index (χ4v) is 4.46. The predicted molar refractivity (Wildman–Crippen MR) is 98.1 cm³/mol. The van der Waals surface area contributed by atoms with Gasteiger partial charge in [-0.2, -0.15) is 0 Å². The van der Waals surface area contributed by atoms with Crippen LogP contribution in [-0.2, 0) is 14.3 Å². The van der Waals surface area contributed by atoms with Crippen molar-refractivity contribution < 1.29 is 29.6 Å². The molecule has 1 aliphatic heterocycles. The smallest absolute Gasteiger partial charge is 0.414 e. The molecule has 1 saturated heterocycles. The SMILES string of the molecule is CC1(C)CC2CC(C)(CN2CC(O)COC(C)(C)C)C1.O=C(O)C(=O)O. The van der Waals surface area contributed by atoms with E-state index in [1.54, 1.807) is 0 Å². The summed E-state index contributed by atoms with van der Waals surface area (Å²) in [5.74, 6) is -3.65. The van der Waals surface area contributed by atoms with E-state index in [0.29, 0.717) is 23.5 Å². The summed E-state index contributed by atoms with van der Waals surface area (Å²) in [7, 11) is 0. The Morgan fingerprint density at radius 2 is 1.69 bits per heavy atom. The topological polar surface area (TPSA) is 107 Å². The summed E-state index contributed by atoms with van der Waals surface area (Å²) in [6.45, 7) is 15.6. The number of rotatable bonds is 4. The molecule has 1 heterocycles. The van der Waals surface area contributed by atoms with Crippen LogP contribution in [0.4, 0.5) is 0 Å². The van der Waals surface area contributed by atoms with Crippen LogP contribution in [0.1, 0.15) is 60.8 Å². The van der Waals surface area contributed by atoms with E-state index in [-0.39, 0.29) is 11.7 Å². The van der Waals surface area contributed by atoms with Crippen molar-refractivity contribution in [1.82, 2.24) is 4.90 Å². The largest absolute Gasteiger partial charge is 0.473 e. The molecule has 0 aromatic heterocycles. The number of β-amino-alcohol motifs (C(OH)–C–C–N with tert-alkyl or cyclic N) is 1. The second kappa shape index (κ2) is 8.23. The van der Waals surface area contributed by atoms with Crippen LogP contribution in [0, 0.1) is 10.8 Å². The van der Waals surface area contributed by atoms with Crippen molar-refractivity contribution >= 4 is 11.9 Å². The van der Waals surface area contributed by atoms with E-state index < -0.39 is 11.9 Å². The second-order valence-electron chi connectivity index (χ2n) is 9.83. The highest BCUT2D eigenvalue weighted by Crippen LogP contribution is 2.52. The van der Waals surface area contributed by atoms with Crippen molar-refractivity contribution in [2.75, 3.05) is 19.7 Å². The summed E-state index contributed by atoms with van der Waals surface area (Å²) >= 11 is 0. The molecule has 152 valence electrons. The van der Waals surface area contributed by atoms with Gasteiger partial charge in [0.2, 0.25) is 0 Å². The number of hydrogen-bond donors (Lipinski definition) is 3. The van der Waals surface area contributed by atoms with Crippen molar-refractivity contribution in [2.24, 2.45) is 10.8 Å². The highest BCUT2D eigenvalue weighted by Gasteiger charge is 2.49. The first kappa shape index (κ1) is 22.9. The van der Waals surface area contributed by atoms with Gasteiger partial charge in [0.05, 0.1) is 18.3 Å². The zero-order chi connectivity index (χ0) is 20.3. The van der Waals surface area contributed by atoms with E-state index in [1.165, 1.54) is 19.3 Å². The third-order valence-corrected chi connectivity index (χ3v) is 4.86. The Morgan fingerprint density at radius 1 is 1.15 bits per heavy atom. The number of carbonyl (C=O) groups is 2. The van der Waals surface area contributed by atoms with Crippen LogP contribution < -0.4 is 0 Å². The lowest BCUT2D eigenvalue weighted by Crippen LogP contribution is -2.40. The molecular formula is C19H35NO6. The van der Waals surface area contributed by atoms with E-state index in [4.69, 9.17) is 24.5 Å². The molecule has 26 heavy (non-hydrogen) atoms. The molecule has 2 fully saturated rings. The summed E-state index contributed by atoms with van der Waals surface area (Å²) in [4.78, 5) is 20.7. The molecule has 3 atom stereocenters. The molecule has 2 rings (SSSR count). The first-order valence-corrected chi connectivity index (χ1v) is 9.15. The van der Waals surface area contributed by atoms with Gasteiger partial charge in [0, 0.05) is 19.1 Å². The zero-order valence-electron chi connectivity index (χ0n) is 16.9. The van der Waals surface area contributed by atoms with Gasteiger partial charge in [0.15, 0.2) is 0 Å². The molecule has 2 aliphatic rings. The average molecular weight is 373 g/mol. The average Bonchev–Trinajstić information content (AvgIpc) is 2.65. The maximum atomic E-state index is 10.2. The Bertz CT molecular complexity index is 501. The molecular weight excluding hydrogens is 338 g/mol. The van der Waals surface area contributed by atoms with Gasteiger partial charge >= 0.3 is 11.9 Å². The van der Waals surface area contributed by atoms with Gasteiger partial charge in [-0.1, -0.05) is 20.8 Å². The molecule has 0 amide bonds. The fraction of sp³-hybridized carbons (Fsp3) is 0.895. The Kier molecular flexibility index (Phi) is 7.24. The van der Waals surface area contributed by atoms with Gasteiger partial charge in [-0.3, -0.25) is 4.90 Å². The van der Waals surface area contributed by atoms with Crippen molar-refractivity contribution in [3.8, 4) is 0 Å². The second-order valence-corrected chi connectivity index (χ2v) is 9.83. The standard InChI is InChI=1S/C17H33NO2.C2H2O4/c1-15(2,3)20-10-14(19)9-18-12-17(6)8-13(18)7-16(4,5)11-17;3-1(4)2(5)6/h13-14,19H,7-12H2,1-6H3;(H,3,4)(H,5,6). The molecule has 0 spiro atoms. The molecule has 7 heteroatoms. The number of aliphatic carboxylic acids is 2. The lowest BCUT2D eigenvalue weighted by Gasteiger charge is -2.40. The Balaban J connectivity index is 0.000000487. The van der Waals surface area contributed by atoms with Crippen LogP contribution in [0.15, 0.2) is 0 Å². The van der Waals surface area contributed by atoms with Crippen molar-refractivity contribution in [3.63, 3.8) is 0 Å². The van der Waals surface area contributed by atoms with Crippen LogP contribution in [-0.4, -0.2) is 69.6 Å². The minimum atomic E-state index is -1.82. The minimum absolute atomic E-state index is 0.171. The highest BCUT2D eigenvalue weighted by atomic mass is 16.5. The minimum Gasteiger partial charge on any atom is -0.473 e. The monoisotopic (exact) mass is 373 g/mol. The van der Waals surface area contributed by atoms with Gasteiger partial charge in [-0.15, -0.1) is 0 Å². The molecule has 1 aliphatic carbocycles. The van der Waals surface area contributed by atoms with Gasteiger partial charge in [0.25, 0.3) is 0 Å². The third-order valence-electron chi connectivity index (χ3n) is 4.86. The molecule has 3 N–H and O–H groups in total. The molecule has 1 saturated carbocycles. The molecule has 0 aromatic carbocycles. The van der Waals surface area contributed by atoms with Crippen LogP contribution in [0.5, 0.6) is 0 Å². The van der Waals surface area contributed by atoms with Crippen molar-refractivity contribution in [1.29, 1.82) is 0 Å². The van der Waals surface area contributed by atoms with Crippen molar-refractivity contribution in [2.45, 2.75) is 78.6 Å². The van der Waals surface area contributed by atoms with E-state index in [9.17, 15) is 5.11 Å². The van der Waals surface area contributed by atoms with E-state index >= 15 is 0 Å². The van der Waals surface area contributed by atoms with Gasteiger partial charge in [0.1, 0.15) is 0 Å². The van der Waals surface area contributed by atoms with Crippen LogP contribution in [0.2, 0.25) is 0 Å². The lowest BCUT2D eigenvalue weighted by atomic mass is 9.65. The summed E-state index contributed by atoms with van der Waals surface area (Å²) in [5, 5.41) is 25.0. The summed E-state index contributed by atoms with van der Waals surface area (Å²) < 4.78 is 5.70. The third kappa shape index (κ3) is 7.60. The van der Waals surface area contributed by atoms with Crippen LogP contribution >= 0.6 is 0 Å². The van der Waals surface area contributed by atoms with Gasteiger partial charge in [-0.05, 0) is 50.9 Å². The quantitative estimate of drug-likeness (QED) is 0.649. The number of hydrogen-bond acceptors (Lipinski definition) is 5. The number of fused-ring (bicyclic) bond motifs is 2. The number of carboxylic acids is 2. The molecule has 2 bridgehead atoms. The van der Waals surface area contributed by atoms with E-state index in [1.807, 2.05) is 20.8 Å². The predicted octanol–water partition coefficient (Wildman–Crippen LogP) is 2.22. The number of ether oxygens (including phenoxy) is 1. The number of nitrogens with zero attached hydrogens (tertiary/aromatic N) is 1. The lowest BCUT2D eigenvalue weighted by molar-refractivity contribution is -0.159. The summed E-state index contributed by atoms with van der Waals surface area (Å²) in [5.41, 5.74) is 0.714. The van der Waals surface area contributed by atoms with Gasteiger partial charge < -0.3 is 20.1 Å². The van der Waals surface area contributed by atoms with Gasteiger partial charge in [-0.25, -0.2) is 9.59 Å². The molecule has 0 aromatic rings. The Morgan fingerprint density at radius 3 is 2.15 bits per heavy atom. The molecule has 0 radical (unpaired) electrons. The van der Waals surface area contributed by atoms with E-state index in [2.05, 4.69) is 25.7 Å². The Labute approximate surface area is 156 Å². The number of likely N-dealkylation sites (tertiary alicyclic amines) is 1. The van der Waals surface area contributed by atoms with Crippen LogP contribution in [0.25, 0.3) is 0 Å². The number of carboxylic acid groups (broad SMARTS) is 2. The van der Waals surface area contributed by atoms with Crippen molar-refractivity contribution in [3.05, 3.63) is 0 Å².